The van der Waals surface area contributed by atoms with E-state index in [-0.39, 0.29) is 36.5 Å². The minimum atomic E-state index is -0.911. The normalized spacial score (nSPS) is 32.7. The van der Waals surface area contributed by atoms with E-state index in [0.717, 1.165) is 12.8 Å². The molecule has 2 bridgehead atoms. The van der Waals surface area contributed by atoms with E-state index in [4.69, 9.17) is 9.84 Å². The lowest BCUT2D eigenvalue weighted by molar-refractivity contribution is -0.142. The highest BCUT2D eigenvalue weighted by Crippen LogP contribution is 2.58. The largest absolute Gasteiger partial charge is 0.396 e. The number of carbonyl (C=O) groups is 3. The minimum absolute atomic E-state index is 0.0495. The van der Waals surface area contributed by atoms with Gasteiger partial charge in [-0.3, -0.25) is 14.4 Å². The smallest absolute Gasteiger partial charge is 0.246 e. The fourth-order valence-electron chi connectivity index (χ4n) is 5.29. The van der Waals surface area contributed by atoms with Gasteiger partial charge in [-0.15, -0.1) is 0 Å². The van der Waals surface area contributed by atoms with Gasteiger partial charge in [-0.1, -0.05) is 6.92 Å². The van der Waals surface area contributed by atoms with Crippen LogP contribution in [0.3, 0.4) is 0 Å². The number of nitrogens with zero attached hydrogens (tertiary/aromatic N) is 1. The lowest BCUT2D eigenvalue weighted by Gasteiger charge is -2.34. The molecule has 3 amide bonds. The molecule has 8 nitrogen and oxygen atoms in total. The third-order valence-electron chi connectivity index (χ3n) is 6.39. The van der Waals surface area contributed by atoms with E-state index in [1.54, 1.807) is 4.90 Å². The van der Waals surface area contributed by atoms with Crippen LogP contribution in [-0.4, -0.2) is 71.2 Å². The van der Waals surface area contributed by atoms with E-state index in [1.807, 2.05) is 20.8 Å². The molecule has 3 saturated heterocycles. The van der Waals surface area contributed by atoms with Crippen molar-refractivity contribution in [2.24, 2.45) is 11.8 Å². The van der Waals surface area contributed by atoms with E-state index in [2.05, 4.69) is 10.6 Å². The highest BCUT2D eigenvalue weighted by atomic mass is 16.5. The first-order valence-corrected chi connectivity index (χ1v) is 11.0. The number of rotatable bonds is 10. The first kappa shape index (κ1) is 22.0. The highest BCUT2D eigenvalue weighted by Gasteiger charge is 2.74. The second-order valence-electron chi connectivity index (χ2n) is 8.83. The summed E-state index contributed by atoms with van der Waals surface area (Å²) < 4.78 is 6.32. The second kappa shape index (κ2) is 9.00. The van der Waals surface area contributed by atoms with Crippen molar-refractivity contribution in [3.63, 3.8) is 0 Å². The third-order valence-corrected chi connectivity index (χ3v) is 6.39. The van der Waals surface area contributed by atoms with Gasteiger partial charge in [-0.2, -0.15) is 0 Å². The number of aliphatic hydroxyl groups is 1. The van der Waals surface area contributed by atoms with Crippen LogP contribution >= 0.6 is 0 Å². The minimum Gasteiger partial charge on any atom is -0.396 e. The monoisotopic (exact) mass is 409 g/mol. The molecular weight excluding hydrogens is 374 g/mol. The van der Waals surface area contributed by atoms with Gasteiger partial charge in [0.25, 0.3) is 0 Å². The van der Waals surface area contributed by atoms with Crippen LogP contribution in [0.1, 0.15) is 59.3 Å². The summed E-state index contributed by atoms with van der Waals surface area (Å²) >= 11 is 0. The van der Waals surface area contributed by atoms with Crippen LogP contribution in [0.15, 0.2) is 0 Å². The maximum atomic E-state index is 13.5. The Balaban J connectivity index is 1.87. The van der Waals surface area contributed by atoms with Crippen molar-refractivity contribution in [3.8, 4) is 0 Å². The zero-order chi connectivity index (χ0) is 21.2. The molecule has 0 aromatic rings. The van der Waals surface area contributed by atoms with E-state index in [0.29, 0.717) is 38.8 Å². The van der Waals surface area contributed by atoms with Crippen LogP contribution in [0.2, 0.25) is 0 Å². The molecule has 0 aromatic carbocycles. The molecule has 3 N–H and O–H groups in total. The zero-order valence-corrected chi connectivity index (χ0v) is 17.8. The Bertz CT molecular complexity index is 640. The van der Waals surface area contributed by atoms with E-state index >= 15 is 0 Å². The molecule has 8 heteroatoms. The lowest BCUT2D eigenvalue weighted by atomic mass is 9.70. The van der Waals surface area contributed by atoms with Gasteiger partial charge in [0.05, 0.1) is 17.9 Å². The number of unbranched alkanes of at least 4 members (excludes halogenated alkanes) is 2. The van der Waals surface area contributed by atoms with Crippen LogP contribution in [0, 0.1) is 11.8 Å². The molecule has 0 aromatic heterocycles. The number of amides is 3. The summed E-state index contributed by atoms with van der Waals surface area (Å²) in [5, 5.41) is 14.9. The van der Waals surface area contributed by atoms with Gasteiger partial charge in [0, 0.05) is 25.7 Å². The van der Waals surface area contributed by atoms with Crippen LogP contribution in [0.25, 0.3) is 0 Å². The molecule has 0 aliphatic carbocycles. The molecule has 3 aliphatic rings. The highest BCUT2D eigenvalue weighted by molar-refractivity contribution is 5.98. The average molecular weight is 410 g/mol. The van der Waals surface area contributed by atoms with Crippen LogP contribution in [0.4, 0.5) is 0 Å². The summed E-state index contributed by atoms with van der Waals surface area (Å²) in [6.45, 7) is 6.89. The lowest BCUT2D eigenvalue weighted by Crippen LogP contribution is -2.56. The van der Waals surface area contributed by atoms with Gasteiger partial charge < -0.3 is 25.4 Å². The summed E-state index contributed by atoms with van der Waals surface area (Å²) in [5.74, 6) is -1.61. The van der Waals surface area contributed by atoms with E-state index in [9.17, 15) is 14.4 Å². The maximum Gasteiger partial charge on any atom is 0.246 e. The van der Waals surface area contributed by atoms with E-state index in [1.165, 1.54) is 0 Å². The summed E-state index contributed by atoms with van der Waals surface area (Å²) in [6, 6.07) is -0.753. The van der Waals surface area contributed by atoms with Gasteiger partial charge in [0.2, 0.25) is 17.7 Å². The Labute approximate surface area is 172 Å². The summed E-state index contributed by atoms with van der Waals surface area (Å²) in [7, 11) is 0. The quantitative estimate of drug-likeness (QED) is 0.457. The van der Waals surface area contributed by atoms with Crippen molar-refractivity contribution >= 4 is 17.7 Å². The topological polar surface area (TPSA) is 108 Å². The van der Waals surface area contributed by atoms with Crippen LogP contribution in [-0.2, 0) is 19.1 Å². The Morgan fingerprint density at radius 1 is 1.28 bits per heavy atom. The SMILES string of the molecule is CCCNC(=O)[C@@H]1[C@@H]2CCC3(O2)C(C(=O)NC(C)C)N(CCCCCO)C(=O)[C@H]13. The number of aliphatic hydroxyl groups excluding tert-OH is 1. The van der Waals surface area contributed by atoms with Crippen molar-refractivity contribution < 1.29 is 24.2 Å². The fourth-order valence-corrected chi connectivity index (χ4v) is 5.29. The fraction of sp³-hybridized carbons (Fsp3) is 0.857. The number of likely N-dealkylation sites (tertiary alicyclic amines) is 1. The molecule has 0 radical (unpaired) electrons. The summed E-state index contributed by atoms with van der Waals surface area (Å²) in [6.07, 6.45) is 3.99. The molecular formula is C21H35N3O5. The molecule has 29 heavy (non-hydrogen) atoms. The van der Waals surface area contributed by atoms with Gasteiger partial charge in [0.1, 0.15) is 11.6 Å². The molecule has 1 spiro atoms. The van der Waals surface area contributed by atoms with Gasteiger partial charge >= 0.3 is 0 Å². The number of ether oxygens (including phenoxy) is 1. The number of carbonyl (C=O) groups excluding carboxylic acids is 3. The standard InChI is InChI=1S/C21H35N3O5/c1-4-10-22-18(26)15-14-8-9-21(29-14)16(15)20(28)24(11-6-5-7-12-25)17(21)19(27)23-13(2)3/h13-17,25H,4-12H2,1-3H3,(H,22,26)(H,23,27)/t14-,15+,16-,17?,21?/m0/s1. The average Bonchev–Trinajstić information content (AvgIpc) is 3.30. The number of hydrogen-bond acceptors (Lipinski definition) is 5. The van der Waals surface area contributed by atoms with Crippen molar-refractivity contribution in [1.29, 1.82) is 0 Å². The first-order valence-electron chi connectivity index (χ1n) is 11.0. The zero-order valence-electron chi connectivity index (χ0n) is 17.8. The molecule has 3 rings (SSSR count). The first-order chi connectivity index (χ1) is 13.9. The number of hydrogen-bond donors (Lipinski definition) is 3. The predicted molar refractivity (Wildman–Crippen MR) is 107 cm³/mol. The van der Waals surface area contributed by atoms with Crippen molar-refractivity contribution in [2.45, 2.75) is 83.1 Å². The molecule has 3 heterocycles. The summed E-state index contributed by atoms with van der Waals surface area (Å²) in [4.78, 5) is 41.1. The second-order valence-corrected chi connectivity index (χ2v) is 8.83. The summed E-state index contributed by atoms with van der Waals surface area (Å²) in [5.41, 5.74) is -0.911. The van der Waals surface area contributed by atoms with Gasteiger partial charge in [-0.25, -0.2) is 0 Å². The van der Waals surface area contributed by atoms with Crippen LogP contribution in [0.5, 0.6) is 0 Å². The van der Waals surface area contributed by atoms with Crippen molar-refractivity contribution in [1.82, 2.24) is 15.5 Å². The Morgan fingerprint density at radius 2 is 2.03 bits per heavy atom. The molecule has 3 fully saturated rings. The molecule has 164 valence electrons. The Hall–Kier alpha value is -1.67. The van der Waals surface area contributed by atoms with Crippen molar-refractivity contribution in [3.05, 3.63) is 0 Å². The van der Waals surface area contributed by atoms with E-state index < -0.39 is 23.5 Å². The predicted octanol–water partition coefficient (Wildman–Crippen LogP) is 0.574. The van der Waals surface area contributed by atoms with Gasteiger partial charge in [0.15, 0.2) is 0 Å². The van der Waals surface area contributed by atoms with Gasteiger partial charge in [-0.05, 0) is 52.4 Å². The number of nitrogens with one attached hydrogen (secondary N) is 2. The Kier molecular flexibility index (Phi) is 6.83. The Morgan fingerprint density at radius 3 is 2.69 bits per heavy atom. The number of fused-ring (bicyclic) bond motifs is 1. The molecule has 2 unspecified atom stereocenters. The maximum absolute atomic E-state index is 13.5. The molecule has 3 aliphatic heterocycles. The molecule has 0 saturated carbocycles. The van der Waals surface area contributed by atoms with Crippen LogP contribution < -0.4 is 10.6 Å². The van der Waals surface area contributed by atoms with Crippen molar-refractivity contribution in [2.75, 3.05) is 19.7 Å². The third kappa shape index (κ3) is 3.89. The molecule has 5 atom stereocenters.